The highest BCUT2D eigenvalue weighted by Gasteiger charge is 2.06. The molecule has 5 nitrogen and oxygen atoms in total. The van der Waals surface area contributed by atoms with Crippen molar-refractivity contribution in [2.24, 2.45) is 0 Å². The molecule has 0 radical (unpaired) electrons. The summed E-state index contributed by atoms with van der Waals surface area (Å²) in [6.07, 6.45) is 0. The molecule has 0 unspecified atom stereocenters. The van der Waals surface area contributed by atoms with Crippen LogP contribution in [0.15, 0.2) is 65.1 Å². The van der Waals surface area contributed by atoms with Crippen molar-refractivity contribution >= 4 is 39.2 Å². The van der Waals surface area contributed by atoms with E-state index in [-0.39, 0.29) is 5.91 Å². The Bertz CT molecular complexity index is 851. The summed E-state index contributed by atoms with van der Waals surface area (Å²) < 4.78 is 1.02. The Morgan fingerprint density at radius 3 is 2.33 bits per heavy atom. The molecule has 0 atom stereocenters. The van der Waals surface area contributed by atoms with Crippen molar-refractivity contribution in [3.63, 3.8) is 0 Å². The average Bonchev–Trinajstić information content (AvgIpc) is 2.61. The minimum atomic E-state index is -0.215. The summed E-state index contributed by atoms with van der Waals surface area (Å²) in [5.41, 5.74) is 2.64. The van der Waals surface area contributed by atoms with Gasteiger partial charge in [0.25, 0.3) is 5.91 Å². The lowest BCUT2D eigenvalue weighted by atomic mass is 10.2. The fraction of sp³-hybridized carbons (Fsp3) is 0.0556. The van der Waals surface area contributed by atoms with Gasteiger partial charge in [-0.3, -0.25) is 4.79 Å². The summed E-state index contributed by atoms with van der Waals surface area (Å²) in [5, 5.41) is 14.0. The average molecular weight is 383 g/mol. The third-order valence-corrected chi connectivity index (χ3v) is 4.24. The molecule has 0 saturated carbocycles. The summed E-state index contributed by atoms with van der Waals surface area (Å²) in [5.74, 6) is 0.788. The van der Waals surface area contributed by atoms with E-state index in [1.54, 1.807) is 24.3 Å². The number of carbonyl (C=O) groups is 1. The van der Waals surface area contributed by atoms with Crippen LogP contribution in [-0.4, -0.2) is 16.1 Å². The molecule has 6 heteroatoms. The number of aromatic nitrogens is 2. The Kier molecular flexibility index (Phi) is 4.86. The molecule has 3 aromatic rings. The van der Waals surface area contributed by atoms with E-state index in [9.17, 15) is 4.79 Å². The van der Waals surface area contributed by atoms with Crippen molar-refractivity contribution in [1.82, 2.24) is 10.2 Å². The first-order valence-corrected chi connectivity index (χ1v) is 8.14. The van der Waals surface area contributed by atoms with Crippen LogP contribution in [0.4, 0.5) is 17.3 Å². The van der Waals surface area contributed by atoms with Crippen LogP contribution in [0.3, 0.4) is 0 Å². The van der Waals surface area contributed by atoms with E-state index in [1.165, 1.54) is 0 Å². The molecule has 0 saturated heterocycles. The molecule has 0 spiro atoms. The van der Waals surface area contributed by atoms with Gasteiger partial charge in [0.2, 0.25) is 0 Å². The van der Waals surface area contributed by atoms with Gasteiger partial charge in [-0.25, -0.2) is 0 Å². The summed E-state index contributed by atoms with van der Waals surface area (Å²) in [6.45, 7) is 2.03. The molecule has 0 fully saturated rings. The third-order valence-electron chi connectivity index (χ3n) is 3.39. The zero-order valence-corrected chi connectivity index (χ0v) is 14.5. The molecular formula is C18H15BrN4O. The van der Waals surface area contributed by atoms with Gasteiger partial charge >= 0.3 is 0 Å². The lowest BCUT2D eigenvalue weighted by Gasteiger charge is -2.08. The number of amides is 1. The first kappa shape index (κ1) is 16.1. The molecule has 0 aliphatic carbocycles. The molecule has 3 rings (SSSR count). The van der Waals surface area contributed by atoms with Crippen molar-refractivity contribution in [2.75, 3.05) is 10.6 Å². The first-order chi connectivity index (χ1) is 11.6. The molecule has 24 heavy (non-hydrogen) atoms. The van der Waals surface area contributed by atoms with E-state index in [2.05, 4.69) is 36.8 Å². The molecule has 1 heterocycles. The van der Waals surface area contributed by atoms with Crippen LogP contribution in [0.1, 0.15) is 15.9 Å². The smallest absolute Gasteiger partial charge is 0.256 e. The normalized spacial score (nSPS) is 10.2. The molecule has 2 N–H and O–H groups in total. The van der Waals surface area contributed by atoms with Gasteiger partial charge in [0.1, 0.15) is 0 Å². The molecular weight excluding hydrogens is 368 g/mol. The Morgan fingerprint density at radius 1 is 0.958 bits per heavy atom. The second-order valence-corrected chi connectivity index (χ2v) is 6.07. The predicted molar refractivity (Wildman–Crippen MR) is 98.6 cm³/mol. The highest BCUT2D eigenvalue weighted by Crippen LogP contribution is 2.22. The highest BCUT2D eigenvalue weighted by atomic mass is 79.9. The largest absolute Gasteiger partial charge is 0.339 e. The van der Waals surface area contributed by atoms with Crippen molar-refractivity contribution < 1.29 is 4.79 Å². The topological polar surface area (TPSA) is 66.9 Å². The zero-order valence-electron chi connectivity index (χ0n) is 13.0. The van der Waals surface area contributed by atoms with E-state index in [1.807, 2.05) is 43.3 Å². The molecule has 1 amide bonds. The van der Waals surface area contributed by atoms with Gasteiger partial charge in [-0.1, -0.05) is 40.2 Å². The maximum atomic E-state index is 12.1. The van der Waals surface area contributed by atoms with Gasteiger partial charge in [-0.05, 0) is 48.9 Å². The molecule has 0 aliphatic heterocycles. The summed E-state index contributed by atoms with van der Waals surface area (Å²) in [4.78, 5) is 12.1. The number of halogens is 1. The van der Waals surface area contributed by atoms with Crippen molar-refractivity contribution in [2.45, 2.75) is 6.92 Å². The van der Waals surface area contributed by atoms with Gasteiger partial charge in [0.05, 0.1) is 0 Å². The number of hydrogen-bond acceptors (Lipinski definition) is 4. The minimum absolute atomic E-state index is 0.215. The number of benzene rings is 2. The number of nitrogens with one attached hydrogen (secondary N) is 2. The number of anilines is 3. The van der Waals surface area contributed by atoms with Crippen molar-refractivity contribution in [1.29, 1.82) is 0 Å². The van der Waals surface area contributed by atoms with E-state index in [0.29, 0.717) is 17.2 Å². The van der Waals surface area contributed by atoms with Crippen LogP contribution < -0.4 is 10.6 Å². The number of aryl methyl sites for hydroxylation is 1. The van der Waals surface area contributed by atoms with E-state index in [0.717, 1.165) is 15.7 Å². The van der Waals surface area contributed by atoms with Crippen LogP contribution in [0, 0.1) is 6.92 Å². The first-order valence-electron chi connectivity index (χ1n) is 7.35. The lowest BCUT2D eigenvalue weighted by Crippen LogP contribution is -2.13. The standard InChI is InChI=1S/C18H15BrN4O/c1-12-7-8-14(11-15(12)19)20-16-9-10-17(23-22-16)21-18(24)13-5-3-2-4-6-13/h2-11H,1H3,(H,20,22)(H,21,23,24). The molecule has 1 aromatic heterocycles. The number of carbonyl (C=O) groups excluding carboxylic acids is 1. The van der Waals surface area contributed by atoms with E-state index in [4.69, 9.17) is 0 Å². The Hall–Kier alpha value is -2.73. The molecule has 0 bridgehead atoms. The summed E-state index contributed by atoms with van der Waals surface area (Å²) >= 11 is 3.50. The number of nitrogens with zero attached hydrogens (tertiary/aromatic N) is 2. The van der Waals surface area contributed by atoms with Gasteiger partial charge in [-0.15, -0.1) is 10.2 Å². The Balaban J connectivity index is 1.67. The van der Waals surface area contributed by atoms with Crippen LogP contribution in [0.5, 0.6) is 0 Å². The SMILES string of the molecule is Cc1ccc(Nc2ccc(NC(=O)c3ccccc3)nn2)cc1Br. The van der Waals surface area contributed by atoms with Gasteiger partial charge in [0, 0.05) is 15.7 Å². The van der Waals surface area contributed by atoms with Crippen LogP contribution >= 0.6 is 15.9 Å². The van der Waals surface area contributed by atoms with Crippen molar-refractivity contribution in [3.05, 3.63) is 76.3 Å². The second kappa shape index (κ2) is 7.23. The zero-order chi connectivity index (χ0) is 16.9. The van der Waals surface area contributed by atoms with E-state index < -0.39 is 0 Å². The quantitative estimate of drug-likeness (QED) is 0.694. The molecule has 2 aromatic carbocycles. The molecule has 120 valence electrons. The Morgan fingerprint density at radius 2 is 1.67 bits per heavy atom. The summed E-state index contributed by atoms with van der Waals surface area (Å²) in [6, 6.07) is 18.4. The van der Waals surface area contributed by atoms with Crippen LogP contribution in [0.2, 0.25) is 0 Å². The van der Waals surface area contributed by atoms with Gasteiger partial charge < -0.3 is 10.6 Å². The molecule has 0 aliphatic rings. The van der Waals surface area contributed by atoms with Gasteiger partial charge in [0.15, 0.2) is 11.6 Å². The van der Waals surface area contributed by atoms with Gasteiger partial charge in [-0.2, -0.15) is 0 Å². The fourth-order valence-corrected chi connectivity index (χ4v) is 2.44. The highest BCUT2D eigenvalue weighted by molar-refractivity contribution is 9.10. The maximum Gasteiger partial charge on any atom is 0.256 e. The van der Waals surface area contributed by atoms with Crippen molar-refractivity contribution in [3.8, 4) is 0 Å². The van der Waals surface area contributed by atoms with Crippen LogP contribution in [-0.2, 0) is 0 Å². The monoisotopic (exact) mass is 382 g/mol. The summed E-state index contributed by atoms with van der Waals surface area (Å²) in [7, 11) is 0. The fourth-order valence-electron chi connectivity index (χ4n) is 2.06. The van der Waals surface area contributed by atoms with Crippen LogP contribution in [0.25, 0.3) is 0 Å². The maximum absolute atomic E-state index is 12.1. The lowest BCUT2D eigenvalue weighted by molar-refractivity contribution is 0.102. The number of rotatable bonds is 4. The minimum Gasteiger partial charge on any atom is -0.339 e. The predicted octanol–water partition coefficient (Wildman–Crippen LogP) is 4.54. The number of hydrogen-bond donors (Lipinski definition) is 2. The second-order valence-electron chi connectivity index (χ2n) is 5.21. The van der Waals surface area contributed by atoms with E-state index >= 15 is 0 Å². The third kappa shape index (κ3) is 3.97. The Labute approximate surface area is 148 Å².